The van der Waals surface area contributed by atoms with Gasteiger partial charge in [0.25, 0.3) is 0 Å². The number of nitrogens with zero attached hydrogens (tertiary/aromatic N) is 1. The van der Waals surface area contributed by atoms with Gasteiger partial charge < -0.3 is 15.0 Å². The van der Waals surface area contributed by atoms with Crippen LogP contribution in [0.25, 0.3) is 0 Å². The van der Waals surface area contributed by atoms with Gasteiger partial charge in [-0.2, -0.15) is 0 Å². The summed E-state index contributed by atoms with van der Waals surface area (Å²) in [5, 5.41) is 3.50. The Kier molecular flexibility index (Phi) is 5.08. The molecule has 1 N–H and O–H groups in total. The summed E-state index contributed by atoms with van der Waals surface area (Å²) in [6.07, 6.45) is 2.86. The fourth-order valence-electron chi connectivity index (χ4n) is 2.24. The van der Waals surface area contributed by atoms with Crippen LogP contribution in [0, 0.1) is 0 Å². The second-order valence-corrected chi connectivity index (χ2v) is 5.28. The number of ether oxygens (including phenoxy) is 1. The lowest BCUT2D eigenvalue weighted by Crippen LogP contribution is -2.30. The number of benzene rings is 1. The van der Waals surface area contributed by atoms with Gasteiger partial charge in [-0.1, -0.05) is 6.07 Å². The highest BCUT2D eigenvalue weighted by Crippen LogP contribution is 2.22. The van der Waals surface area contributed by atoms with Gasteiger partial charge in [-0.05, 0) is 45.7 Å². The van der Waals surface area contributed by atoms with Crippen molar-refractivity contribution in [2.45, 2.75) is 45.8 Å². The van der Waals surface area contributed by atoms with E-state index in [0.29, 0.717) is 0 Å². The average Bonchev–Trinajstić information content (AvgIpc) is 3.22. The number of rotatable bonds is 8. The molecule has 0 aliphatic heterocycles. The molecule has 0 saturated heterocycles. The summed E-state index contributed by atoms with van der Waals surface area (Å²) in [4.78, 5) is 2.33. The lowest BCUT2D eigenvalue weighted by molar-refractivity contribution is 0.217. The van der Waals surface area contributed by atoms with E-state index >= 15 is 0 Å². The highest BCUT2D eigenvalue weighted by Gasteiger charge is 2.21. The Morgan fingerprint density at radius 1 is 1.32 bits per heavy atom. The molecule has 2 rings (SSSR count). The molecule has 1 aliphatic carbocycles. The van der Waals surface area contributed by atoms with Crippen LogP contribution in [0.5, 0.6) is 5.75 Å². The van der Waals surface area contributed by atoms with Gasteiger partial charge in [0.05, 0.1) is 0 Å². The molecule has 19 heavy (non-hydrogen) atoms. The van der Waals surface area contributed by atoms with E-state index in [2.05, 4.69) is 49.2 Å². The van der Waals surface area contributed by atoms with Gasteiger partial charge in [-0.25, -0.2) is 0 Å². The van der Waals surface area contributed by atoms with E-state index in [1.807, 2.05) is 6.07 Å². The highest BCUT2D eigenvalue weighted by molar-refractivity contribution is 5.50. The van der Waals surface area contributed by atoms with Crippen molar-refractivity contribution in [3.63, 3.8) is 0 Å². The summed E-state index contributed by atoms with van der Waals surface area (Å²) in [6.45, 7) is 9.47. The van der Waals surface area contributed by atoms with Crippen LogP contribution in [0.1, 0.15) is 33.6 Å². The van der Waals surface area contributed by atoms with Crippen LogP contribution < -0.4 is 15.0 Å². The zero-order valence-corrected chi connectivity index (χ0v) is 12.4. The molecule has 3 heteroatoms. The number of anilines is 1. The molecule has 1 unspecified atom stereocenters. The summed E-state index contributed by atoms with van der Waals surface area (Å²) in [7, 11) is 0. The Bertz CT molecular complexity index is 386. The van der Waals surface area contributed by atoms with Gasteiger partial charge >= 0.3 is 0 Å². The number of hydrogen-bond donors (Lipinski definition) is 1. The molecule has 0 bridgehead atoms. The molecule has 0 radical (unpaired) electrons. The predicted octanol–water partition coefficient (Wildman–Crippen LogP) is 3.05. The first kappa shape index (κ1) is 14.2. The molecule has 1 saturated carbocycles. The molecule has 1 fully saturated rings. The van der Waals surface area contributed by atoms with Crippen LogP contribution in [-0.4, -0.2) is 31.8 Å². The normalized spacial score (nSPS) is 16.2. The average molecular weight is 262 g/mol. The number of hydrogen-bond acceptors (Lipinski definition) is 3. The standard InChI is InChI=1S/C16H26N2O/c1-4-18(5-2)15-7-6-8-16(11-15)19-13(3)12-17-14-9-10-14/h6-8,11,13-14,17H,4-5,9-10,12H2,1-3H3. The maximum absolute atomic E-state index is 5.98. The van der Waals surface area contributed by atoms with Gasteiger partial charge in [-0.15, -0.1) is 0 Å². The first-order valence-electron chi connectivity index (χ1n) is 7.48. The van der Waals surface area contributed by atoms with Crippen molar-refractivity contribution in [1.29, 1.82) is 0 Å². The van der Waals surface area contributed by atoms with E-state index in [0.717, 1.165) is 31.4 Å². The highest BCUT2D eigenvalue weighted by atomic mass is 16.5. The molecule has 3 nitrogen and oxygen atoms in total. The molecule has 1 aromatic carbocycles. The van der Waals surface area contributed by atoms with E-state index in [9.17, 15) is 0 Å². The molecule has 106 valence electrons. The minimum absolute atomic E-state index is 0.215. The maximum Gasteiger partial charge on any atom is 0.121 e. The predicted molar refractivity (Wildman–Crippen MR) is 81.1 cm³/mol. The molecule has 1 aliphatic rings. The van der Waals surface area contributed by atoms with Gasteiger partial charge in [0.15, 0.2) is 0 Å². The minimum Gasteiger partial charge on any atom is -0.489 e. The molecule has 1 atom stereocenters. The molecule has 0 aromatic heterocycles. The van der Waals surface area contributed by atoms with E-state index in [4.69, 9.17) is 4.74 Å². The molecule has 0 heterocycles. The summed E-state index contributed by atoms with van der Waals surface area (Å²) in [6, 6.07) is 9.14. The third kappa shape index (κ3) is 4.43. The van der Waals surface area contributed by atoms with E-state index in [-0.39, 0.29) is 6.10 Å². The third-order valence-corrected chi connectivity index (χ3v) is 3.55. The summed E-state index contributed by atoms with van der Waals surface area (Å²) < 4.78 is 5.98. The smallest absolute Gasteiger partial charge is 0.121 e. The Morgan fingerprint density at radius 2 is 2.05 bits per heavy atom. The Hall–Kier alpha value is -1.22. The fraction of sp³-hybridized carbons (Fsp3) is 0.625. The quantitative estimate of drug-likeness (QED) is 0.779. The molecular formula is C16H26N2O. The van der Waals surface area contributed by atoms with E-state index < -0.39 is 0 Å². The first-order valence-corrected chi connectivity index (χ1v) is 7.48. The van der Waals surface area contributed by atoms with Crippen LogP contribution in [0.15, 0.2) is 24.3 Å². The largest absolute Gasteiger partial charge is 0.489 e. The van der Waals surface area contributed by atoms with Crippen molar-refractivity contribution in [2.75, 3.05) is 24.5 Å². The zero-order chi connectivity index (χ0) is 13.7. The van der Waals surface area contributed by atoms with Crippen molar-refractivity contribution < 1.29 is 4.74 Å². The number of nitrogens with one attached hydrogen (secondary N) is 1. The topological polar surface area (TPSA) is 24.5 Å². The van der Waals surface area contributed by atoms with Crippen LogP contribution in [0.3, 0.4) is 0 Å². The fourth-order valence-corrected chi connectivity index (χ4v) is 2.24. The minimum atomic E-state index is 0.215. The summed E-state index contributed by atoms with van der Waals surface area (Å²) in [5.74, 6) is 0.967. The molecule has 0 amide bonds. The van der Waals surface area contributed by atoms with Crippen molar-refractivity contribution in [1.82, 2.24) is 5.32 Å². The van der Waals surface area contributed by atoms with E-state index in [1.54, 1.807) is 0 Å². The van der Waals surface area contributed by atoms with Crippen LogP contribution in [-0.2, 0) is 0 Å². The van der Waals surface area contributed by atoms with Gasteiger partial charge in [-0.3, -0.25) is 0 Å². The van der Waals surface area contributed by atoms with Gasteiger partial charge in [0.1, 0.15) is 11.9 Å². The lowest BCUT2D eigenvalue weighted by atomic mass is 10.2. The second-order valence-electron chi connectivity index (χ2n) is 5.28. The third-order valence-electron chi connectivity index (χ3n) is 3.55. The maximum atomic E-state index is 5.98. The Balaban J connectivity index is 1.89. The Labute approximate surface area is 116 Å². The summed E-state index contributed by atoms with van der Waals surface area (Å²) in [5.41, 5.74) is 1.24. The molecule has 1 aromatic rings. The van der Waals surface area contributed by atoms with Gasteiger partial charge in [0, 0.05) is 37.4 Å². The SMILES string of the molecule is CCN(CC)c1cccc(OC(C)CNC2CC2)c1. The Morgan fingerprint density at radius 3 is 2.68 bits per heavy atom. The second kappa shape index (κ2) is 6.80. The lowest BCUT2D eigenvalue weighted by Gasteiger charge is -2.22. The first-order chi connectivity index (χ1) is 9.22. The zero-order valence-electron chi connectivity index (χ0n) is 12.4. The van der Waals surface area contributed by atoms with Crippen molar-refractivity contribution in [3.05, 3.63) is 24.3 Å². The van der Waals surface area contributed by atoms with Crippen molar-refractivity contribution in [2.24, 2.45) is 0 Å². The molecular weight excluding hydrogens is 236 g/mol. The van der Waals surface area contributed by atoms with Crippen LogP contribution >= 0.6 is 0 Å². The van der Waals surface area contributed by atoms with E-state index in [1.165, 1.54) is 18.5 Å². The van der Waals surface area contributed by atoms with Crippen LogP contribution in [0.4, 0.5) is 5.69 Å². The molecule has 0 spiro atoms. The van der Waals surface area contributed by atoms with Gasteiger partial charge in [0.2, 0.25) is 0 Å². The monoisotopic (exact) mass is 262 g/mol. The summed E-state index contributed by atoms with van der Waals surface area (Å²) >= 11 is 0. The van der Waals surface area contributed by atoms with Crippen LogP contribution in [0.2, 0.25) is 0 Å². The van der Waals surface area contributed by atoms with Crippen molar-refractivity contribution in [3.8, 4) is 5.75 Å². The van der Waals surface area contributed by atoms with Crippen molar-refractivity contribution >= 4 is 5.69 Å².